The van der Waals surface area contributed by atoms with Crippen LogP contribution in [0.3, 0.4) is 0 Å². The molecule has 1 heteroatoms. The van der Waals surface area contributed by atoms with Gasteiger partial charge in [0.15, 0.2) is 0 Å². The van der Waals surface area contributed by atoms with Crippen molar-refractivity contribution in [1.82, 2.24) is 0 Å². The van der Waals surface area contributed by atoms with E-state index in [9.17, 15) is 0 Å². The number of hydrogen-bond donors (Lipinski definition) is 0. The second-order valence-electron chi connectivity index (χ2n) is 3.38. The largest absolute Gasteiger partial charge is 0.375 e. The van der Waals surface area contributed by atoms with Gasteiger partial charge in [0.1, 0.15) is 0 Å². The summed E-state index contributed by atoms with van der Waals surface area (Å²) in [6, 6.07) is 0. The lowest BCUT2D eigenvalue weighted by atomic mass is 10.00. The Labute approximate surface area is 64.8 Å². The third-order valence-corrected chi connectivity index (χ3v) is 1.60. The fraction of sp³-hybridized carbons (Fsp3) is 1.00. The summed E-state index contributed by atoms with van der Waals surface area (Å²) < 4.78 is 5.45. The molecule has 1 aliphatic heterocycles. The molecule has 0 N–H and O–H groups in total. The molecular formula is C9H20O. The van der Waals surface area contributed by atoms with Crippen LogP contribution in [0, 0.1) is 5.92 Å². The van der Waals surface area contributed by atoms with E-state index in [1.165, 1.54) is 6.42 Å². The van der Waals surface area contributed by atoms with Crippen LogP contribution in [0.1, 0.15) is 41.0 Å². The second kappa shape index (κ2) is 3.97. The van der Waals surface area contributed by atoms with Crippen LogP contribution in [0.15, 0.2) is 0 Å². The second-order valence-corrected chi connectivity index (χ2v) is 3.38. The summed E-state index contributed by atoms with van der Waals surface area (Å²) in [7, 11) is 0. The quantitative estimate of drug-likeness (QED) is 0.508. The van der Waals surface area contributed by atoms with Crippen LogP contribution in [-0.4, -0.2) is 12.2 Å². The van der Waals surface area contributed by atoms with Crippen molar-refractivity contribution in [2.24, 2.45) is 5.92 Å². The Morgan fingerprint density at radius 3 is 1.90 bits per heavy atom. The molecule has 1 nitrogen and oxygen atoms in total. The van der Waals surface area contributed by atoms with E-state index in [0.717, 1.165) is 12.5 Å². The van der Waals surface area contributed by atoms with Crippen molar-refractivity contribution in [3.63, 3.8) is 0 Å². The van der Waals surface area contributed by atoms with Crippen molar-refractivity contribution in [2.75, 3.05) is 6.61 Å². The SMILES string of the molecule is CC.CC1COC(C)(C)C1. The van der Waals surface area contributed by atoms with Gasteiger partial charge in [0.25, 0.3) is 0 Å². The molecule has 0 aliphatic carbocycles. The van der Waals surface area contributed by atoms with E-state index in [-0.39, 0.29) is 5.60 Å². The molecule has 1 fully saturated rings. The van der Waals surface area contributed by atoms with Gasteiger partial charge in [-0.2, -0.15) is 0 Å². The van der Waals surface area contributed by atoms with Gasteiger partial charge in [0, 0.05) is 6.61 Å². The Balaban J connectivity index is 0.000000371. The molecule has 0 aromatic heterocycles. The summed E-state index contributed by atoms with van der Waals surface area (Å²) in [5.74, 6) is 0.769. The molecule has 10 heavy (non-hydrogen) atoms. The highest BCUT2D eigenvalue weighted by Crippen LogP contribution is 2.27. The van der Waals surface area contributed by atoms with E-state index >= 15 is 0 Å². The van der Waals surface area contributed by atoms with E-state index < -0.39 is 0 Å². The number of rotatable bonds is 0. The van der Waals surface area contributed by atoms with E-state index in [4.69, 9.17) is 4.74 Å². The molecule has 1 rings (SSSR count). The van der Waals surface area contributed by atoms with Gasteiger partial charge in [-0.15, -0.1) is 0 Å². The van der Waals surface area contributed by atoms with Crippen molar-refractivity contribution >= 4 is 0 Å². The monoisotopic (exact) mass is 144 g/mol. The molecule has 0 bridgehead atoms. The molecule has 1 saturated heterocycles. The summed E-state index contributed by atoms with van der Waals surface area (Å²) in [6.07, 6.45) is 1.22. The first-order chi connectivity index (χ1) is 4.60. The van der Waals surface area contributed by atoms with Gasteiger partial charge < -0.3 is 4.74 Å². The third-order valence-electron chi connectivity index (χ3n) is 1.60. The Morgan fingerprint density at radius 1 is 1.30 bits per heavy atom. The van der Waals surface area contributed by atoms with Crippen molar-refractivity contribution < 1.29 is 4.74 Å². The van der Waals surface area contributed by atoms with E-state index in [1.807, 2.05) is 13.8 Å². The van der Waals surface area contributed by atoms with Crippen molar-refractivity contribution in [1.29, 1.82) is 0 Å². The highest BCUT2D eigenvalue weighted by atomic mass is 16.5. The number of ether oxygens (including phenoxy) is 1. The molecular weight excluding hydrogens is 124 g/mol. The van der Waals surface area contributed by atoms with E-state index in [1.54, 1.807) is 0 Å². The van der Waals surface area contributed by atoms with Crippen LogP contribution in [0.5, 0.6) is 0 Å². The van der Waals surface area contributed by atoms with Crippen molar-refractivity contribution in [2.45, 2.75) is 46.6 Å². The summed E-state index contributed by atoms with van der Waals surface area (Å²) in [5, 5.41) is 0. The average molecular weight is 144 g/mol. The first-order valence-corrected chi connectivity index (χ1v) is 4.24. The molecule has 1 heterocycles. The lowest BCUT2D eigenvalue weighted by Crippen LogP contribution is -2.16. The summed E-state index contributed by atoms with van der Waals surface area (Å²) >= 11 is 0. The molecule has 0 spiro atoms. The van der Waals surface area contributed by atoms with E-state index in [0.29, 0.717) is 0 Å². The first kappa shape index (κ1) is 9.96. The fourth-order valence-electron chi connectivity index (χ4n) is 1.32. The van der Waals surface area contributed by atoms with Crippen LogP contribution in [0.2, 0.25) is 0 Å². The lowest BCUT2D eigenvalue weighted by molar-refractivity contribution is 0.0353. The van der Waals surface area contributed by atoms with Crippen LogP contribution in [0.4, 0.5) is 0 Å². The maximum atomic E-state index is 5.45. The zero-order valence-electron chi connectivity index (χ0n) is 7.90. The smallest absolute Gasteiger partial charge is 0.0630 e. The Hall–Kier alpha value is -0.0400. The predicted molar refractivity (Wildman–Crippen MR) is 45.2 cm³/mol. The van der Waals surface area contributed by atoms with Crippen LogP contribution < -0.4 is 0 Å². The highest BCUT2D eigenvalue weighted by Gasteiger charge is 2.28. The number of hydrogen-bond acceptors (Lipinski definition) is 1. The molecule has 0 saturated carbocycles. The lowest BCUT2D eigenvalue weighted by Gasteiger charge is -2.14. The van der Waals surface area contributed by atoms with E-state index in [2.05, 4.69) is 20.8 Å². The Morgan fingerprint density at radius 2 is 1.80 bits per heavy atom. The first-order valence-electron chi connectivity index (χ1n) is 4.24. The predicted octanol–water partition coefficient (Wildman–Crippen LogP) is 2.85. The standard InChI is InChI=1S/C7H14O.C2H6/c1-6-4-7(2,3)8-5-6;1-2/h6H,4-5H2,1-3H3;1-2H3. The maximum absolute atomic E-state index is 5.45. The highest BCUT2D eigenvalue weighted by molar-refractivity contribution is 4.77. The van der Waals surface area contributed by atoms with Gasteiger partial charge in [-0.25, -0.2) is 0 Å². The molecule has 62 valence electrons. The van der Waals surface area contributed by atoms with Crippen LogP contribution in [0.25, 0.3) is 0 Å². The third kappa shape index (κ3) is 3.21. The van der Waals surface area contributed by atoms with Crippen LogP contribution >= 0.6 is 0 Å². The minimum atomic E-state index is 0.166. The minimum Gasteiger partial charge on any atom is -0.375 e. The van der Waals surface area contributed by atoms with Crippen molar-refractivity contribution in [3.05, 3.63) is 0 Å². The molecule has 0 aromatic rings. The fourth-order valence-corrected chi connectivity index (χ4v) is 1.32. The molecule has 1 unspecified atom stereocenters. The summed E-state index contributed by atoms with van der Waals surface area (Å²) in [5.41, 5.74) is 0.166. The molecule has 1 aliphatic rings. The van der Waals surface area contributed by atoms with Gasteiger partial charge in [-0.3, -0.25) is 0 Å². The Bertz CT molecular complexity index is 86.7. The topological polar surface area (TPSA) is 9.23 Å². The summed E-state index contributed by atoms with van der Waals surface area (Å²) in [6.45, 7) is 11.5. The van der Waals surface area contributed by atoms with Crippen molar-refractivity contribution in [3.8, 4) is 0 Å². The van der Waals surface area contributed by atoms with Crippen LogP contribution in [-0.2, 0) is 4.74 Å². The average Bonchev–Trinajstić information content (AvgIpc) is 2.15. The zero-order valence-corrected chi connectivity index (χ0v) is 7.90. The van der Waals surface area contributed by atoms with Gasteiger partial charge >= 0.3 is 0 Å². The maximum Gasteiger partial charge on any atom is 0.0630 e. The van der Waals surface area contributed by atoms with Gasteiger partial charge in [0.2, 0.25) is 0 Å². The summed E-state index contributed by atoms with van der Waals surface area (Å²) in [4.78, 5) is 0. The Kier molecular flexibility index (Phi) is 3.95. The van der Waals surface area contributed by atoms with Gasteiger partial charge in [-0.05, 0) is 26.2 Å². The van der Waals surface area contributed by atoms with Gasteiger partial charge in [0.05, 0.1) is 5.60 Å². The molecule has 0 aromatic carbocycles. The molecule has 0 amide bonds. The molecule has 1 atom stereocenters. The zero-order chi connectivity index (χ0) is 8.20. The minimum absolute atomic E-state index is 0.166. The van der Waals surface area contributed by atoms with Gasteiger partial charge in [-0.1, -0.05) is 20.8 Å². The molecule has 0 radical (unpaired) electrons. The normalized spacial score (nSPS) is 29.1.